The van der Waals surface area contributed by atoms with Gasteiger partial charge in [-0.3, -0.25) is 0 Å². The van der Waals surface area contributed by atoms with Crippen molar-refractivity contribution in [3.8, 4) is 11.5 Å². The molecule has 1 heterocycles. The van der Waals surface area contributed by atoms with Gasteiger partial charge in [-0.05, 0) is 43.7 Å². The number of benzene rings is 2. The molecule has 0 aliphatic carbocycles. The van der Waals surface area contributed by atoms with Crippen LogP contribution in [0.15, 0.2) is 59.3 Å². The minimum absolute atomic E-state index is 0.250. The van der Waals surface area contributed by atoms with Gasteiger partial charge in [0, 0.05) is 17.3 Å². The van der Waals surface area contributed by atoms with Crippen molar-refractivity contribution in [2.24, 2.45) is 0 Å². The number of nitrogens with one attached hydrogen (secondary N) is 1. The second kappa shape index (κ2) is 5.79. The molecule has 106 valence electrons. The van der Waals surface area contributed by atoms with Crippen LogP contribution in [0.1, 0.15) is 24.1 Å². The molecule has 0 fully saturated rings. The summed E-state index contributed by atoms with van der Waals surface area (Å²) in [4.78, 5) is 0. The highest BCUT2D eigenvalue weighted by molar-refractivity contribution is 5.58. The normalized spacial score (nSPS) is 12.1. The average Bonchev–Trinajstić information content (AvgIpc) is 3.03. The number of anilines is 1. The van der Waals surface area contributed by atoms with Gasteiger partial charge in [0.2, 0.25) is 12.3 Å². The fraction of sp³-hybridized carbons (Fsp3) is 0.176. The lowest BCUT2D eigenvalue weighted by molar-refractivity contribution is 0.568. The molecule has 0 aliphatic rings. The molecule has 1 N–H and O–H groups in total. The zero-order valence-corrected chi connectivity index (χ0v) is 12.1. The Labute approximate surface area is 123 Å². The van der Waals surface area contributed by atoms with E-state index in [1.54, 1.807) is 0 Å². The van der Waals surface area contributed by atoms with Crippen molar-refractivity contribution in [1.82, 2.24) is 10.2 Å². The van der Waals surface area contributed by atoms with Gasteiger partial charge in [0.15, 0.2) is 0 Å². The van der Waals surface area contributed by atoms with Crippen LogP contribution in [-0.4, -0.2) is 10.2 Å². The van der Waals surface area contributed by atoms with Crippen LogP contribution in [0.4, 0.5) is 5.69 Å². The number of aryl methyl sites for hydroxylation is 1. The Morgan fingerprint density at radius 3 is 2.33 bits per heavy atom. The second-order valence-electron chi connectivity index (χ2n) is 5.10. The molecule has 0 saturated carbocycles. The fourth-order valence-electron chi connectivity index (χ4n) is 2.20. The summed E-state index contributed by atoms with van der Waals surface area (Å²) in [5.41, 5.74) is 4.52. The van der Waals surface area contributed by atoms with Crippen LogP contribution in [0.3, 0.4) is 0 Å². The van der Waals surface area contributed by atoms with Crippen LogP contribution in [0.5, 0.6) is 0 Å². The average molecular weight is 279 g/mol. The molecule has 4 nitrogen and oxygen atoms in total. The van der Waals surface area contributed by atoms with Gasteiger partial charge in [-0.25, -0.2) is 0 Å². The van der Waals surface area contributed by atoms with Gasteiger partial charge in [0.25, 0.3) is 0 Å². The first-order chi connectivity index (χ1) is 10.2. The molecule has 2 aromatic carbocycles. The van der Waals surface area contributed by atoms with Crippen LogP contribution < -0.4 is 5.32 Å². The van der Waals surface area contributed by atoms with Gasteiger partial charge in [-0.1, -0.05) is 29.8 Å². The maximum atomic E-state index is 5.18. The number of aromatic nitrogens is 2. The van der Waals surface area contributed by atoms with Crippen molar-refractivity contribution < 1.29 is 4.42 Å². The highest BCUT2D eigenvalue weighted by Crippen LogP contribution is 2.23. The molecule has 0 saturated heterocycles. The largest absolute Gasteiger partial charge is 0.423 e. The van der Waals surface area contributed by atoms with E-state index in [1.165, 1.54) is 17.5 Å². The molecule has 4 heteroatoms. The van der Waals surface area contributed by atoms with Crippen molar-refractivity contribution in [2.75, 3.05) is 5.32 Å². The Hall–Kier alpha value is -2.62. The maximum Gasteiger partial charge on any atom is 0.247 e. The summed E-state index contributed by atoms with van der Waals surface area (Å²) in [6.45, 7) is 4.24. The molecule has 1 unspecified atom stereocenters. The third kappa shape index (κ3) is 3.11. The Morgan fingerprint density at radius 1 is 1.00 bits per heavy atom. The van der Waals surface area contributed by atoms with Crippen LogP contribution in [0.2, 0.25) is 0 Å². The molecule has 1 atom stereocenters. The van der Waals surface area contributed by atoms with E-state index in [0.717, 1.165) is 11.3 Å². The van der Waals surface area contributed by atoms with Crippen LogP contribution in [-0.2, 0) is 0 Å². The third-order valence-electron chi connectivity index (χ3n) is 3.45. The van der Waals surface area contributed by atoms with E-state index >= 15 is 0 Å². The van der Waals surface area contributed by atoms with Gasteiger partial charge >= 0.3 is 0 Å². The zero-order chi connectivity index (χ0) is 14.7. The summed E-state index contributed by atoms with van der Waals surface area (Å²) in [5, 5.41) is 11.1. The predicted octanol–water partition coefficient (Wildman–Crippen LogP) is 4.22. The van der Waals surface area contributed by atoms with Gasteiger partial charge in [-0.2, -0.15) is 0 Å². The first-order valence-electron chi connectivity index (χ1n) is 6.92. The molecular weight excluding hydrogens is 262 g/mol. The highest BCUT2D eigenvalue weighted by atomic mass is 16.4. The topological polar surface area (TPSA) is 51.0 Å². The first kappa shape index (κ1) is 13.4. The Kier molecular flexibility index (Phi) is 3.69. The smallest absolute Gasteiger partial charge is 0.247 e. The summed E-state index contributed by atoms with van der Waals surface area (Å²) in [6.07, 6.45) is 1.33. The van der Waals surface area contributed by atoms with E-state index < -0.39 is 0 Å². The molecule has 0 radical (unpaired) electrons. The standard InChI is InChI=1S/C17H17N3O/c1-12-3-5-14(6-4-12)13(2)19-16-9-7-15(8-10-16)17-20-18-11-21-17/h3-11,13,19H,1-2H3. The van der Waals surface area contributed by atoms with E-state index in [9.17, 15) is 0 Å². The number of rotatable bonds is 4. The number of hydrogen-bond acceptors (Lipinski definition) is 4. The van der Waals surface area contributed by atoms with Crippen LogP contribution in [0.25, 0.3) is 11.5 Å². The summed E-state index contributed by atoms with van der Waals surface area (Å²) in [5.74, 6) is 0.535. The van der Waals surface area contributed by atoms with Crippen molar-refractivity contribution in [2.45, 2.75) is 19.9 Å². The van der Waals surface area contributed by atoms with E-state index in [2.05, 4.69) is 53.6 Å². The molecule has 0 bridgehead atoms. The molecule has 3 rings (SSSR count). The minimum Gasteiger partial charge on any atom is -0.423 e. The van der Waals surface area contributed by atoms with Crippen molar-refractivity contribution in [3.63, 3.8) is 0 Å². The van der Waals surface area contributed by atoms with Gasteiger partial charge < -0.3 is 9.73 Å². The lowest BCUT2D eigenvalue weighted by atomic mass is 10.1. The first-order valence-corrected chi connectivity index (χ1v) is 6.92. The molecule has 0 aliphatic heterocycles. The molecule has 1 aromatic heterocycles. The zero-order valence-electron chi connectivity index (χ0n) is 12.1. The summed E-state index contributed by atoms with van der Waals surface area (Å²) < 4.78 is 5.18. The summed E-state index contributed by atoms with van der Waals surface area (Å²) in [7, 11) is 0. The predicted molar refractivity (Wildman–Crippen MR) is 83.0 cm³/mol. The quantitative estimate of drug-likeness (QED) is 0.777. The Bertz CT molecular complexity index is 688. The maximum absolute atomic E-state index is 5.18. The van der Waals surface area contributed by atoms with E-state index in [1.807, 2.05) is 24.3 Å². The molecule has 0 spiro atoms. The van der Waals surface area contributed by atoms with Gasteiger partial charge in [0.05, 0.1) is 0 Å². The van der Waals surface area contributed by atoms with Crippen molar-refractivity contribution in [1.29, 1.82) is 0 Å². The monoisotopic (exact) mass is 279 g/mol. The molecular formula is C17H17N3O. The molecule has 21 heavy (non-hydrogen) atoms. The molecule has 0 amide bonds. The van der Waals surface area contributed by atoms with Gasteiger partial charge in [-0.15, -0.1) is 10.2 Å². The lowest BCUT2D eigenvalue weighted by Crippen LogP contribution is -2.06. The van der Waals surface area contributed by atoms with E-state index in [-0.39, 0.29) is 6.04 Å². The van der Waals surface area contributed by atoms with Gasteiger partial charge in [0.1, 0.15) is 0 Å². The summed E-state index contributed by atoms with van der Waals surface area (Å²) >= 11 is 0. The Balaban J connectivity index is 1.71. The Morgan fingerprint density at radius 2 is 1.71 bits per heavy atom. The van der Waals surface area contributed by atoms with Crippen LogP contribution >= 0.6 is 0 Å². The highest BCUT2D eigenvalue weighted by Gasteiger charge is 2.06. The van der Waals surface area contributed by atoms with E-state index in [0.29, 0.717) is 5.89 Å². The van der Waals surface area contributed by atoms with Crippen molar-refractivity contribution >= 4 is 5.69 Å². The summed E-state index contributed by atoms with van der Waals surface area (Å²) in [6, 6.07) is 16.8. The molecule has 3 aromatic rings. The lowest BCUT2D eigenvalue weighted by Gasteiger charge is -2.16. The number of nitrogens with zero attached hydrogens (tertiary/aromatic N) is 2. The minimum atomic E-state index is 0.250. The van der Waals surface area contributed by atoms with Crippen LogP contribution in [0, 0.1) is 6.92 Å². The van der Waals surface area contributed by atoms with Crippen molar-refractivity contribution in [3.05, 3.63) is 66.1 Å². The SMILES string of the molecule is Cc1ccc(C(C)Nc2ccc(-c3nnco3)cc2)cc1. The second-order valence-corrected chi connectivity index (χ2v) is 5.10. The third-order valence-corrected chi connectivity index (χ3v) is 3.45. The number of hydrogen-bond donors (Lipinski definition) is 1. The van der Waals surface area contributed by atoms with E-state index in [4.69, 9.17) is 4.42 Å². The fourth-order valence-corrected chi connectivity index (χ4v) is 2.20.